The molecule has 1 aromatic carbocycles. The molecule has 0 fully saturated rings. The molecule has 0 atom stereocenters. The van der Waals surface area contributed by atoms with Crippen LogP contribution in [-0.4, -0.2) is 19.6 Å². The van der Waals surface area contributed by atoms with Crippen LogP contribution in [0, 0.1) is 0 Å². The molecule has 0 aromatic heterocycles. The molecule has 0 saturated heterocycles. The summed E-state index contributed by atoms with van der Waals surface area (Å²) in [6.45, 7) is 0.0259. The number of halogens is 1. The third-order valence-corrected chi connectivity index (χ3v) is 1.71. The van der Waals surface area contributed by atoms with Gasteiger partial charge in [-0.15, -0.1) is 0 Å². The molecule has 0 aliphatic carbocycles. The van der Waals surface area contributed by atoms with Crippen molar-refractivity contribution in [1.82, 2.24) is 5.32 Å². The lowest BCUT2D eigenvalue weighted by Crippen LogP contribution is -2.24. The maximum absolute atomic E-state index is 10.8. The number of carbonyl (C=O) groups is 1. The number of rotatable bonds is 3. The molecule has 4 heteroatoms. The highest BCUT2D eigenvalue weighted by atomic mass is 35.5. The number of nitrogens with one attached hydrogen (secondary N) is 1. The molecule has 1 aromatic rings. The van der Waals surface area contributed by atoms with Crippen molar-refractivity contribution in [3.8, 4) is 5.75 Å². The molecule has 0 unspecified atom stereocenters. The third-order valence-electron chi connectivity index (χ3n) is 1.46. The van der Waals surface area contributed by atoms with Crippen LogP contribution < -0.4 is 10.1 Å². The molecule has 1 rings (SSSR count). The Morgan fingerprint density at radius 1 is 1.46 bits per heavy atom. The van der Waals surface area contributed by atoms with E-state index in [1.807, 2.05) is 0 Å². The van der Waals surface area contributed by atoms with E-state index in [0.717, 1.165) is 0 Å². The van der Waals surface area contributed by atoms with Crippen LogP contribution >= 0.6 is 11.6 Å². The Labute approximate surface area is 81.7 Å². The maximum Gasteiger partial charge on any atom is 0.257 e. The van der Waals surface area contributed by atoms with Gasteiger partial charge in [-0.3, -0.25) is 4.79 Å². The van der Waals surface area contributed by atoms with E-state index in [4.69, 9.17) is 16.3 Å². The van der Waals surface area contributed by atoms with Gasteiger partial charge in [0.15, 0.2) is 6.61 Å². The van der Waals surface area contributed by atoms with Crippen LogP contribution in [0.3, 0.4) is 0 Å². The SMILES string of the molecule is CNC(=O)COc1ccc(Cl)cc1. The summed E-state index contributed by atoms with van der Waals surface area (Å²) in [5, 5.41) is 3.10. The lowest BCUT2D eigenvalue weighted by atomic mass is 10.3. The van der Waals surface area contributed by atoms with Crippen molar-refractivity contribution in [3.63, 3.8) is 0 Å². The smallest absolute Gasteiger partial charge is 0.257 e. The highest BCUT2D eigenvalue weighted by molar-refractivity contribution is 6.30. The van der Waals surface area contributed by atoms with E-state index < -0.39 is 0 Å². The van der Waals surface area contributed by atoms with Gasteiger partial charge in [0.05, 0.1) is 0 Å². The first kappa shape index (κ1) is 9.86. The second-order valence-corrected chi connectivity index (χ2v) is 2.85. The molecule has 70 valence electrons. The highest BCUT2D eigenvalue weighted by Crippen LogP contribution is 2.15. The summed E-state index contributed by atoms with van der Waals surface area (Å²) in [6, 6.07) is 6.85. The van der Waals surface area contributed by atoms with Gasteiger partial charge in [-0.2, -0.15) is 0 Å². The molecule has 0 bridgehead atoms. The lowest BCUT2D eigenvalue weighted by Gasteiger charge is -2.04. The van der Waals surface area contributed by atoms with E-state index in [2.05, 4.69) is 5.32 Å². The first-order chi connectivity index (χ1) is 6.22. The lowest BCUT2D eigenvalue weighted by molar-refractivity contribution is -0.122. The van der Waals surface area contributed by atoms with Crippen LogP contribution in [0.1, 0.15) is 0 Å². The Morgan fingerprint density at radius 3 is 2.62 bits per heavy atom. The van der Waals surface area contributed by atoms with Gasteiger partial charge in [0.25, 0.3) is 5.91 Å². The zero-order valence-corrected chi connectivity index (χ0v) is 7.97. The monoisotopic (exact) mass is 199 g/mol. The average molecular weight is 200 g/mol. The van der Waals surface area contributed by atoms with Crippen molar-refractivity contribution in [3.05, 3.63) is 29.3 Å². The topological polar surface area (TPSA) is 38.3 Å². The van der Waals surface area contributed by atoms with Crippen LogP contribution in [0.4, 0.5) is 0 Å². The molecule has 0 heterocycles. The molecular weight excluding hydrogens is 190 g/mol. The third kappa shape index (κ3) is 3.34. The van der Waals surface area contributed by atoms with Crippen LogP contribution in [0.2, 0.25) is 5.02 Å². The van der Waals surface area contributed by atoms with Gasteiger partial charge >= 0.3 is 0 Å². The summed E-state index contributed by atoms with van der Waals surface area (Å²) in [6.07, 6.45) is 0. The number of amides is 1. The molecule has 0 saturated carbocycles. The molecule has 1 amide bonds. The number of likely N-dealkylation sites (N-methyl/N-ethyl adjacent to an activating group) is 1. The molecule has 0 radical (unpaired) electrons. The zero-order chi connectivity index (χ0) is 9.68. The largest absolute Gasteiger partial charge is 0.484 e. The number of ether oxygens (including phenoxy) is 1. The van der Waals surface area contributed by atoms with Crippen LogP contribution in [0.5, 0.6) is 5.75 Å². The summed E-state index contributed by atoms with van der Waals surface area (Å²) in [4.78, 5) is 10.8. The van der Waals surface area contributed by atoms with Crippen LogP contribution in [0.15, 0.2) is 24.3 Å². The summed E-state index contributed by atoms with van der Waals surface area (Å²) >= 11 is 5.67. The predicted octanol–water partition coefficient (Wildman–Crippen LogP) is 1.46. The molecule has 0 aliphatic heterocycles. The van der Waals surface area contributed by atoms with Gasteiger partial charge in [-0.1, -0.05) is 11.6 Å². The Morgan fingerprint density at radius 2 is 2.08 bits per heavy atom. The first-order valence-corrected chi connectivity index (χ1v) is 4.19. The molecule has 0 spiro atoms. The van der Waals surface area contributed by atoms with E-state index in [1.165, 1.54) is 0 Å². The molecule has 1 N–H and O–H groups in total. The minimum atomic E-state index is -0.157. The fraction of sp³-hybridized carbons (Fsp3) is 0.222. The number of hydrogen-bond acceptors (Lipinski definition) is 2. The van der Waals surface area contributed by atoms with Gasteiger partial charge in [-0.25, -0.2) is 0 Å². The van der Waals surface area contributed by atoms with E-state index in [1.54, 1.807) is 31.3 Å². The van der Waals surface area contributed by atoms with Crippen molar-refractivity contribution in [2.24, 2.45) is 0 Å². The zero-order valence-electron chi connectivity index (χ0n) is 7.21. The summed E-state index contributed by atoms with van der Waals surface area (Å²) in [5.41, 5.74) is 0. The van der Waals surface area contributed by atoms with Gasteiger partial charge in [0.1, 0.15) is 5.75 Å². The standard InChI is InChI=1S/C9H10ClNO2/c1-11-9(12)6-13-8-4-2-7(10)3-5-8/h2-5H,6H2,1H3,(H,11,12). The van der Waals surface area contributed by atoms with Gasteiger partial charge in [0.2, 0.25) is 0 Å². The Balaban J connectivity index is 2.46. The molecule has 3 nitrogen and oxygen atoms in total. The molecule has 13 heavy (non-hydrogen) atoms. The second kappa shape index (κ2) is 4.72. The van der Waals surface area contributed by atoms with Crippen LogP contribution in [-0.2, 0) is 4.79 Å². The second-order valence-electron chi connectivity index (χ2n) is 2.42. The Kier molecular flexibility index (Phi) is 3.58. The fourth-order valence-corrected chi connectivity index (χ4v) is 0.878. The number of carbonyl (C=O) groups excluding carboxylic acids is 1. The van der Waals surface area contributed by atoms with E-state index in [9.17, 15) is 4.79 Å². The predicted molar refractivity (Wildman–Crippen MR) is 51.0 cm³/mol. The molecule has 0 aliphatic rings. The minimum Gasteiger partial charge on any atom is -0.484 e. The quantitative estimate of drug-likeness (QED) is 0.801. The summed E-state index contributed by atoms with van der Waals surface area (Å²) in [7, 11) is 1.56. The van der Waals surface area contributed by atoms with Crippen LogP contribution in [0.25, 0.3) is 0 Å². The van der Waals surface area contributed by atoms with Gasteiger partial charge in [-0.05, 0) is 24.3 Å². The first-order valence-electron chi connectivity index (χ1n) is 3.81. The highest BCUT2D eigenvalue weighted by Gasteiger charge is 1.98. The Hall–Kier alpha value is -1.22. The van der Waals surface area contributed by atoms with Crippen molar-refractivity contribution in [2.45, 2.75) is 0 Å². The normalized spacial score (nSPS) is 9.38. The van der Waals surface area contributed by atoms with E-state index in [-0.39, 0.29) is 12.5 Å². The van der Waals surface area contributed by atoms with Crippen molar-refractivity contribution in [2.75, 3.05) is 13.7 Å². The summed E-state index contributed by atoms with van der Waals surface area (Å²) < 4.78 is 5.14. The fourth-order valence-electron chi connectivity index (χ4n) is 0.752. The van der Waals surface area contributed by atoms with Crippen molar-refractivity contribution < 1.29 is 9.53 Å². The average Bonchev–Trinajstić information content (AvgIpc) is 2.16. The van der Waals surface area contributed by atoms with Gasteiger partial charge in [0, 0.05) is 12.1 Å². The van der Waals surface area contributed by atoms with E-state index >= 15 is 0 Å². The minimum absolute atomic E-state index is 0.0259. The van der Waals surface area contributed by atoms with E-state index in [0.29, 0.717) is 10.8 Å². The number of benzene rings is 1. The maximum atomic E-state index is 10.8. The van der Waals surface area contributed by atoms with Crippen molar-refractivity contribution in [1.29, 1.82) is 0 Å². The van der Waals surface area contributed by atoms with Gasteiger partial charge < -0.3 is 10.1 Å². The Bertz CT molecular complexity index is 284. The molecular formula is C9H10ClNO2. The van der Waals surface area contributed by atoms with Crippen molar-refractivity contribution >= 4 is 17.5 Å². The summed E-state index contributed by atoms with van der Waals surface area (Å²) in [5.74, 6) is 0.475. The number of hydrogen-bond donors (Lipinski definition) is 1.